The predicted octanol–water partition coefficient (Wildman–Crippen LogP) is 1.61. The van der Waals surface area contributed by atoms with E-state index in [1.165, 1.54) is 19.3 Å². The van der Waals surface area contributed by atoms with Crippen molar-refractivity contribution in [2.75, 3.05) is 38.5 Å². The Morgan fingerprint density at radius 2 is 2.00 bits per heavy atom. The number of nitrogens with zero attached hydrogens (tertiary/aromatic N) is 1. The highest BCUT2D eigenvalue weighted by molar-refractivity contribution is 7.89. The average molecular weight is 389 g/mol. The topological polar surface area (TPSA) is 91.8 Å². The first-order valence-corrected chi connectivity index (χ1v) is 11.7. The van der Waals surface area contributed by atoms with Crippen LogP contribution < -0.4 is 15.4 Å². The van der Waals surface area contributed by atoms with Gasteiger partial charge < -0.3 is 15.4 Å². The molecule has 0 bridgehead atoms. The fraction of sp³-hybridized carbons (Fsp3) is 0.944. The van der Waals surface area contributed by atoms with Crippen LogP contribution in [0, 0.1) is 5.41 Å². The van der Waals surface area contributed by atoms with Crippen molar-refractivity contribution in [3.8, 4) is 0 Å². The summed E-state index contributed by atoms with van der Waals surface area (Å²) >= 11 is 0. The maximum absolute atomic E-state index is 12.2. The predicted molar refractivity (Wildman–Crippen MR) is 106 cm³/mol. The van der Waals surface area contributed by atoms with Crippen LogP contribution in [0.25, 0.3) is 0 Å². The zero-order valence-corrected chi connectivity index (χ0v) is 17.2. The lowest BCUT2D eigenvalue weighted by Gasteiger charge is -2.40. The summed E-state index contributed by atoms with van der Waals surface area (Å²) in [6.45, 7) is 7.25. The monoisotopic (exact) mass is 388 g/mol. The first kappa shape index (κ1) is 21.4. The highest BCUT2D eigenvalue weighted by Crippen LogP contribution is 2.43. The van der Waals surface area contributed by atoms with Crippen molar-refractivity contribution >= 4 is 16.0 Å². The summed E-state index contributed by atoms with van der Waals surface area (Å²) in [5.41, 5.74) is 0.357. The second kappa shape index (κ2) is 10.5. The molecule has 7 nitrogen and oxygen atoms in total. The molecule has 1 unspecified atom stereocenters. The molecule has 0 radical (unpaired) electrons. The Morgan fingerprint density at radius 3 is 2.58 bits per heavy atom. The molecular weight excluding hydrogens is 352 g/mol. The molecule has 1 heterocycles. The largest absolute Gasteiger partial charge is 0.377 e. The summed E-state index contributed by atoms with van der Waals surface area (Å²) in [4.78, 5) is 4.68. The van der Waals surface area contributed by atoms with Crippen LogP contribution in [0.15, 0.2) is 4.99 Å². The zero-order valence-electron chi connectivity index (χ0n) is 16.3. The molecular formula is C18H36N4O3S. The van der Waals surface area contributed by atoms with Gasteiger partial charge >= 0.3 is 0 Å². The van der Waals surface area contributed by atoms with Crippen molar-refractivity contribution < 1.29 is 13.2 Å². The van der Waals surface area contributed by atoms with Crippen molar-refractivity contribution in [1.82, 2.24) is 15.4 Å². The summed E-state index contributed by atoms with van der Waals surface area (Å²) < 4.78 is 32.6. The number of guanidine groups is 1. The van der Waals surface area contributed by atoms with Crippen LogP contribution in [0.3, 0.4) is 0 Å². The lowest BCUT2D eigenvalue weighted by molar-refractivity contribution is 0.0200. The fourth-order valence-corrected chi connectivity index (χ4v) is 4.41. The van der Waals surface area contributed by atoms with Crippen LogP contribution in [0.5, 0.6) is 0 Å². The van der Waals surface area contributed by atoms with Gasteiger partial charge in [0.05, 0.1) is 11.9 Å². The Hall–Kier alpha value is -0.860. The molecule has 2 aliphatic rings. The molecule has 0 aromatic carbocycles. The molecule has 1 atom stereocenters. The first-order valence-electron chi connectivity index (χ1n) is 10.1. The minimum Gasteiger partial charge on any atom is -0.377 e. The quantitative estimate of drug-likeness (QED) is 0.391. The van der Waals surface area contributed by atoms with E-state index in [0.717, 1.165) is 45.4 Å². The zero-order chi connectivity index (χ0) is 18.9. The standard InChI is InChI=1S/C18H36N4O3S/c1-3-18(9-7-10-18)15-21-17(19-4-2)20-11-13-26(23,24)22-14-16-8-5-6-12-25-16/h16,22H,3-15H2,1-2H3,(H2,19,20,21). The number of hydrogen-bond acceptors (Lipinski definition) is 4. The third-order valence-corrected chi connectivity index (χ3v) is 6.90. The first-order chi connectivity index (χ1) is 12.5. The number of aliphatic imine (C=N–C) groups is 1. The normalized spacial score (nSPS) is 23.3. The molecule has 1 aliphatic heterocycles. The number of hydrogen-bond donors (Lipinski definition) is 3. The fourth-order valence-electron chi connectivity index (χ4n) is 3.45. The maximum Gasteiger partial charge on any atom is 0.213 e. The van der Waals surface area contributed by atoms with E-state index in [0.29, 0.717) is 24.5 Å². The van der Waals surface area contributed by atoms with Crippen LogP contribution >= 0.6 is 0 Å². The molecule has 0 amide bonds. The third-order valence-electron chi connectivity index (χ3n) is 5.55. The SMILES string of the molecule is CCNC(=NCC1(CC)CCC1)NCCS(=O)(=O)NCC1CCCCO1. The highest BCUT2D eigenvalue weighted by Gasteiger charge is 2.34. The Bertz CT molecular complexity index is 535. The summed E-state index contributed by atoms with van der Waals surface area (Å²) in [6, 6.07) is 0. The molecule has 0 aromatic heterocycles. The Labute approximate surface area is 158 Å². The van der Waals surface area contributed by atoms with E-state index in [1.54, 1.807) is 0 Å². The lowest BCUT2D eigenvalue weighted by atomic mass is 9.67. The smallest absolute Gasteiger partial charge is 0.213 e. The van der Waals surface area contributed by atoms with Crippen LogP contribution in [0.2, 0.25) is 0 Å². The van der Waals surface area contributed by atoms with E-state index >= 15 is 0 Å². The van der Waals surface area contributed by atoms with E-state index in [-0.39, 0.29) is 11.9 Å². The number of rotatable bonds is 10. The molecule has 2 rings (SSSR count). The van der Waals surface area contributed by atoms with Gasteiger partial charge in [-0.25, -0.2) is 13.1 Å². The van der Waals surface area contributed by atoms with Crippen LogP contribution in [0.1, 0.15) is 58.8 Å². The molecule has 1 aliphatic carbocycles. The van der Waals surface area contributed by atoms with Crippen molar-refractivity contribution in [1.29, 1.82) is 0 Å². The van der Waals surface area contributed by atoms with Gasteiger partial charge in [0.1, 0.15) is 0 Å². The third kappa shape index (κ3) is 7.04. The van der Waals surface area contributed by atoms with Crippen LogP contribution in [0.4, 0.5) is 0 Å². The molecule has 2 fully saturated rings. The molecule has 8 heteroatoms. The average Bonchev–Trinajstić information content (AvgIpc) is 2.60. The van der Waals surface area contributed by atoms with Gasteiger partial charge in [0.2, 0.25) is 10.0 Å². The molecule has 1 saturated heterocycles. The summed E-state index contributed by atoms with van der Waals surface area (Å²) in [6.07, 6.45) is 8.05. The summed E-state index contributed by atoms with van der Waals surface area (Å²) in [5, 5.41) is 6.35. The number of nitrogens with one attached hydrogen (secondary N) is 3. The second-order valence-electron chi connectivity index (χ2n) is 7.48. The molecule has 0 aromatic rings. The van der Waals surface area contributed by atoms with Crippen molar-refractivity contribution in [2.24, 2.45) is 10.4 Å². The molecule has 152 valence electrons. The lowest BCUT2D eigenvalue weighted by Crippen LogP contribution is -2.43. The highest BCUT2D eigenvalue weighted by atomic mass is 32.2. The van der Waals surface area contributed by atoms with Gasteiger partial charge in [0.25, 0.3) is 0 Å². The summed E-state index contributed by atoms with van der Waals surface area (Å²) in [5.74, 6) is 0.737. The van der Waals surface area contributed by atoms with Gasteiger partial charge in [-0.2, -0.15) is 0 Å². The molecule has 0 spiro atoms. The van der Waals surface area contributed by atoms with Crippen molar-refractivity contribution in [2.45, 2.75) is 64.9 Å². The maximum atomic E-state index is 12.2. The summed E-state index contributed by atoms with van der Waals surface area (Å²) in [7, 11) is -3.31. The van der Waals surface area contributed by atoms with Crippen molar-refractivity contribution in [3.05, 3.63) is 0 Å². The Kier molecular flexibility index (Phi) is 8.63. The second-order valence-corrected chi connectivity index (χ2v) is 9.41. The van der Waals surface area contributed by atoms with Crippen LogP contribution in [-0.2, 0) is 14.8 Å². The van der Waals surface area contributed by atoms with Gasteiger partial charge in [0.15, 0.2) is 5.96 Å². The van der Waals surface area contributed by atoms with E-state index in [9.17, 15) is 8.42 Å². The number of sulfonamides is 1. The van der Waals surface area contributed by atoms with Crippen LogP contribution in [-0.4, -0.2) is 59.0 Å². The van der Waals surface area contributed by atoms with Gasteiger partial charge in [-0.15, -0.1) is 0 Å². The van der Waals surface area contributed by atoms with Crippen molar-refractivity contribution in [3.63, 3.8) is 0 Å². The van der Waals surface area contributed by atoms with E-state index in [4.69, 9.17) is 4.74 Å². The van der Waals surface area contributed by atoms with E-state index in [2.05, 4.69) is 27.3 Å². The minimum atomic E-state index is -3.31. The van der Waals surface area contributed by atoms with E-state index < -0.39 is 10.0 Å². The number of ether oxygens (including phenoxy) is 1. The Balaban J connectivity index is 1.73. The van der Waals surface area contributed by atoms with Gasteiger partial charge in [-0.1, -0.05) is 13.3 Å². The van der Waals surface area contributed by atoms with E-state index in [1.807, 2.05) is 6.92 Å². The minimum absolute atomic E-state index is 0.0121. The molecule has 26 heavy (non-hydrogen) atoms. The molecule has 1 saturated carbocycles. The van der Waals surface area contributed by atoms with Gasteiger partial charge in [-0.05, 0) is 50.9 Å². The van der Waals surface area contributed by atoms with Gasteiger partial charge in [0, 0.05) is 32.8 Å². The Morgan fingerprint density at radius 1 is 1.19 bits per heavy atom. The molecule has 3 N–H and O–H groups in total. The van der Waals surface area contributed by atoms with Gasteiger partial charge in [-0.3, -0.25) is 4.99 Å².